The summed E-state index contributed by atoms with van der Waals surface area (Å²) < 4.78 is 0. The zero-order valence-corrected chi connectivity index (χ0v) is 12.3. The van der Waals surface area contributed by atoms with Crippen LogP contribution in [0.15, 0.2) is 12.3 Å². The second-order valence-corrected chi connectivity index (χ2v) is 4.40. The quantitative estimate of drug-likeness (QED) is 0.783. The van der Waals surface area contributed by atoms with Gasteiger partial charge in [-0.3, -0.25) is 9.78 Å². The molecule has 0 saturated heterocycles. The summed E-state index contributed by atoms with van der Waals surface area (Å²) in [7, 11) is 1.81. The number of aryl methyl sites for hydroxylation is 1. The second-order valence-electron chi connectivity index (χ2n) is 4.40. The highest BCUT2D eigenvalue weighted by molar-refractivity contribution is 5.99. The van der Waals surface area contributed by atoms with Crippen molar-refractivity contribution in [2.45, 2.75) is 20.8 Å². The van der Waals surface area contributed by atoms with Crippen molar-refractivity contribution in [1.82, 2.24) is 15.2 Å². The van der Waals surface area contributed by atoms with Gasteiger partial charge in [0.25, 0.3) is 5.91 Å². The molecule has 0 fully saturated rings. The highest BCUT2D eigenvalue weighted by atomic mass is 16.1. The van der Waals surface area contributed by atoms with E-state index in [-0.39, 0.29) is 5.91 Å². The maximum absolute atomic E-state index is 12.1. The number of anilines is 1. The van der Waals surface area contributed by atoms with Crippen LogP contribution in [0.5, 0.6) is 0 Å². The molecule has 0 aliphatic heterocycles. The standard InChI is InChI=1S/C14H24N4O/c1-5-18(6-2)8-7-16-14(19)12-10-17-11(3)9-13(12)15-4/h9-10H,5-8H2,1-4H3,(H,15,17)(H,16,19). The Morgan fingerprint density at radius 1 is 1.37 bits per heavy atom. The highest BCUT2D eigenvalue weighted by Crippen LogP contribution is 2.14. The molecule has 1 amide bonds. The zero-order chi connectivity index (χ0) is 14.3. The first-order valence-electron chi connectivity index (χ1n) is 6.77. The normalized spacial score (nSPS) is 10.6. The first kappa shape index (κ1) is 15.4. The largest absolute Gasteiger partial charge is 0.387 e. The summed E-state index contributed by atoms with van der Waals surface area (Å²) in [6, 6.07) is 1.87. The number of nitrogens with zero attached hydrogens (tertiary/aromatic N) is 2. The van der Waals surface area contributed by atoms with Gasteiger partial charge in [0.05, 0.1) is 11.3 Å². The Labute approximate surface area is 115 Å². The summed E-state index contributed by atoms with van der Waals surface area (Å²) in [5.74, 6) is -0.0796. The van der Waals surface area contributed by atoms with E-state index < -0.39 is 0 Å². The molecule has 5 heteroatoms. The van der Waals surface area contributed by atoms with Crippen LogP contribution in [0.3, 0.4) is 0 Å². The van der Waals surface area contributed by atoms with E-state index in [2.05, 4.69) is 34.4 Å². The Morgan fingerprint density at radius 3 is 2.63 bits per heavy atom. The van der Waals surface area contributed by atoms with Gasteiger partial charge < -0.3 is 15.5 Å². The minimum atomic E-state index is -0.0796. The smallest absolute Gasteiger partial charge is 0.254 e. The molecular weight excluding hydrogens is 240 g/mol. The number of carbonyl (C=O) groups excluding carboxylic acids is 1. The average molecular weight is 264 g/mol. The summed E-state index contributed by atoms with van der Waals surface area (Å²) in [4.78, 5) is 18.5. The number of nitrogens with one attached hydrogen (secondary N) is 2. The summed E-state index contributed by atoms with van der Waals surface area (Å²) in [6.45, 7) is 9.66. The molecule has 1 heterocycles. The third kappa shape index (κ3) is 4.52. The fourth-order valence-electron chi connectivity index (χ4n) is 1.91. The lowest BCUT2D eigenvalue weighted by molar-refractivity contribution is 0.0949. The Kier molecular flexibility index (Phi) is 6.29. The van der Waals surface area contributed by atoms with Gasteiger partial charge in [0.1, 0.15) is 0 Å². The molecule has 0 radical (unpaired) electrons. The van der Waals surface area contributed by atoms with Crippen LogP contribution < -0.4 is 10.6 Å². The minimum absolute atomic E-state index is 0.0796. The van der Waals surface area contributed by atoms with Gasteiger partial charge >= 0.3 is 0 Å². The van der Waals surface area contributed by atoms with Crippen LogP contribution in [0.2, 0.25) is 0 Å². The van der Waals surface area contributed by atoms with E-state index in [0.717, 1.165) is 31.0 Å². The Hall–Kier alpha value is -1.62. The molecule has 0 aliphatic rings. The molecule has 5 nitrogen and oxygen atoms in total. The van der Waals surface area contributed by atoms with Crippen molar-refractivity contribution in [3.63, 3.8) is 0 Å². The molecule has 1 aromatic rings. The number of likely N-dealkylation sites (N-methyl/N-ethyl adjacent to an activating group) is 1. The van der Waals surface area contributed by atoms with Crippen LogP contribution in [0, 0.1) is 6.92 Å². The van der Waals surface area contributed by atoms with Crippen molar-refractivity contribution in [3.05, 3.63) is 23.5 Å². The van der Waals surface area contributed by atoms with Gasteiger partial charge in [-0.2, -0.15) is 0 Å². The van der Waals surface area contributed by atoms with Gasteiger partial charge in [-0.15, -0.1) is 0 Å². The zero-order valence-electron chi connectivity index (χ0n) is 12.3. The summed E-state index contributed by atoms with van der Waals surface area (Å²) in [5, 5.41) is 5.96. The molecular formula is C14H24N4O. The van der Waals surface area contributed by atoms with E-state index in [1.54, 1.807) is 13.2 Å². The third-order valence-corrected chi connectivity index (χ3v) is 3.16. The van der Waals surface area contributed by atoms with E-state index >= 15 is 0 Å². The van der Waals surface area contributed by atoms with Gasteiger partial charge in [0, 0.05) is 32.0 Å². The number of pyridine rings is 1. The summed E-state index contributed by atoms with van der Waals surface area (Å²) >= 11 is 0. The average Bonchev–Trinajstić information content (AvgIpc) is 2.43. The van der Waals surface area contributed by atoms with Crippen LogP contribution >= 0.6 is 0 Å². The minimum Gasteiger partial charge on any atom is -0.387 e. The molecule has 1 rings (SSSR count). The molecule has 0 spiro atoms. The molecule has 0 saturated carbocycles. The number of carbonyl (C=O) groups is 1. The van der Waals surface area contributed by atoms with Crippen molar-refractivity contribution in [3.8, 4) is 0 Å². The maximum Gasteiger partial charge on any atom is 0.254 e. The molecule has 0 unspecified atom stereocenters. The molecule has 0 aromatic carbocycles. The number of hydrogen-bond acceptors (Lipinski definition) is 4. The monoisotopic (exact) mass is 264 g/mol. The molecule has 0 atom stereocenters. The maximum atomic E-state index is 12.1. The topological polar surface area (TPSA) is 57.3 Å². The van der Waals surface area contributed by atoms with E-state index in [1.807, 2.05) is 13.0 Å². The first-order chi connectivity index (χ1) is 9.12. The van der Waals surface area contributed by atoms with Crippen molar-refractivity contribution >= 4 is 11.6 Å². The third-order valence-electron chi connectivity index (χ3n) is 3.16. The molecule has 0 aliphatic carbocycles. The van der Waals surface area contributed by atoms with Crippen LogP contribution in [0.25, 0.3) is 0 Å². The molecule has 106 valence electrons. The van der Waals surface area contributed by atoms with Crippen molar-refractivity contribution in [2.24, 2.45) is 0 Å². The van der Waals surface area contributed by atoms with Gasteiger partial charge in [0.2, 0.25) is 0 Å². The number of hydrogen-bond donors (Lipinski definition) is 2. The van der Waals surface area contributed by atoms with Gasteiger partial charge in [-0.05, 0) is 26.1 Å². The Balaban J connectivity index is 2.58. The molecule has 1 aromatic heterocycles. The lowest BCUT2D eigenvalue weighted by atomic mass is 10.2. The van der Waals surface area contributed by atoms with Crippen molar-refractivity contribution in [1.29, 1.82) is 0 Å². The van der Waals surface area contributed by atoms with Gasteiger partial charge in [-0.1, -0.05) is 13.8 Å². The van der Waals surface area contributed by atoms with E-state index in [1.165, 1.54) is 0 Å². The molecule has 19 heavy (non-hydrogen) atoms. The predicted molar refractivity (Wildman–Crippen MR) is 78.6 cm³/mol. The van der Waals surface area contributed by atoms with Crippen molar-refractivity contribution < 1.29 is 4.79 Å². The lowest BCUT2D eigenvalue weighted by Crippen LogP contribution is -2.35. The van der Waals surface area contributed by atoms with E-state index in [0.29, 0.717) is 12.1 Å². The van der Waals surface area contributed by atoms with Crippen LogP contribution in [-0.4, -0.2) is 49.0 Å². The highest BCUT2D eigenvalue weighted by Gasteiger charge is 2.11. The fraction of sp³-hybridized carbons (Fsp3) is 0.571. The predicted octanol–water partition coefficient (Wildman–Crippen LogP) is 1.50. The van der Waals surface area contributed by atoms with E-state index in [4.69, 9.17) is 0 Å². The number of aromatic nitrogens is 1. The van der Waals surface area contributed by atoms with Crippen LogP contribution in [0.4, 0.5) is 5.69 Å². The molecule has 0 bridgehead atoms. The van der Waals surface area contributed by atoms with E-state index in [9.17, 15) is 4.79 Å². The number of rotatable bonds is 7. The fourth-order valence-corrected chi connectivity index (χ4v) is 1.91. The summed E-state index contributed by atoms with van der Waals surface area (Å²) in [5.41, 5.74) is 2.30. The SMILES string of the molecule is CCN(CC)CCNC(=O)c1cnc(C)cc1NC. The second kappa shape index (κ2) is 7.74. The number of amides is 1. The van der Waals surface area contributed by atoms with Crippen LogP contribution in [0.1, 0.15) is 29.9 Å². The summed E-state index contributed by atoms with van der Waals surface area (Å²) in [6.07, 6.45) is 1.62. The van der Waals surface area contributed by atoms with Gasteiger partial charge in [0.15, 0.2) is 0 Å². The van der Waals surface area contributed by atoms with Crippen LogP contribution in [-0.2, 0) is 0 Å². The lowest BCUT2D eigenvalue weighted by Gasteiger charge is -2.18. The Morgan fingerprint density at radius 2 is 2.05 bits per heavy atom. The Bertz CT molecular complexity index is 416. The van der Waals surface area contributed by atoms with Crippen molar-refractivity contribution in [2.75, 3.05) is 38.5 Å². The van der Waals surface area contributed by atoms with Gasteiger partial charge in [-0.25, -0.2) is 0 Å². The first-order valence-corrected chi connectivity index (χ1v) is 6.77. The molecule has 2 N–H and O–H groups in total.